The number of piperidine rings is 1. The first-order valence-electron chi connectivity index (χ1n) is 12.8. The number of hydrogen-bond acceptors (Lipinski definition) is 6. The predicted octanol–water partition coefficient (Wildman–Crippen LogP) is 5.00. The van der Waals surface area contributed by atoms with Crippen molar-refractivity contribution in [1.29, 1.82) is 0 Å². The maximum atomic E-state index is 9.93. The minimum Gasteiger partial charge on any atom is -0.371 e. The number of carbonyl (C=O) groups excluding carboxylic acids is 1. The lowest BCUT2D eigenvalue weighted by Gasteiger charge is -2.37. The maximum absolute atomic E-state index is 9.93. The molecule has 7 heteroatoms. The van der Waals surface area contributed by atoms with Gasteiger partial charge < -0.3 is 20.0 Å². The number of fused-ring (bicyclic) bond motifs is 2. The normalized spacial score (nSPS) is 20.3. The smallest absolute Gasteiger partial charge is 0.209 e. The van der Waals surface area contributed by atoms with Gasteiger partial charge in [-0.15, -0.1) is 11.8 Å². The quantitative estimate of drug-likeness (QED) is 0.626. The standard InChI is InChI=1S/C22H28N4S.C5H9NO/c1-15-10-16(17-12-25(2)13-17)11-19-21(15)27-14-18-20(6-7-23-22(18)24-19)26-8-4-3-5-9-26;7-5-6-3-1-2-4-6/h6-7,10-11,17H,3-5,8-9,12-14H2,1-2H3,(H,23,24);5H,1-4H2. The Morgan fingerprint density at radius 3 is 2.47 bits per heavy atom. The number of benzene rings is 1. The number of aromatic nitrogens is 1. The van der Waals surface area contributed by atoms with Crippen LogP contribution in [0.1, 0.15) is 54.7 Å². The minimum absolute atomic E-state index is 0.668. The van der Waals surface area contributed by atoms with Crippen molar-refractivity contribution in [2.75, 3.05) is 56.5 Å². The first-order chi connectivity index (χ1) is 16.6. The summed E-state index contributed by atoms with van der Waals surface area (Å²) in [4.78, 5) is 22.8. The van der Waals surface area contributed by atoms with Gasteiger partial charge in [-0.05, 0) is 69.3 Å². The monoisotopic (exact) mass is 479 g/mol. The summed E-state index contributed by atoms with van der Waals surface area (Å²) in [6, 6.07) is 6.99. The molecule has 4 aliphatic rings. The Balaban J connectivity index is 0.000000297. The van der Waals surface area contributed by atoms with Crippen molar-refractivity contribution < 1.29 is 4.79 Å². The summed E-state index contributed by atoms with van der Waals surface area (Å²) in [6.45, 7) is 8.89. The summed E-state index contributed by atoms with van der Waals surface area (Å²) in [7, 11) is 2.20. The lowest BCUT2D eigenvalue weighted by atomic mass is 9.90. The third-order valence-electron chi connectivity index (χ3n) is 7.46. The molecular formula is C27H37N5OS. The van der Waals surface area contributed by atoms with Crippen LogP contribution in [-0.4, -0.2) is 67.5 Å². The van der Waals surface area contributed by atoms with E-state index < -0.39 is 0 Å². The molecule has 0 radical (unpaired) electrons. The van der Waals surface area contributed by atoms with E-state index in [1.807, 2.05) is 18.0 Å². The molecule has 2 aromatic rings. The van der Waals surface area contributed by atoms with E-state index in [0.717, 1.165) is 31.1 Å². The summed E-state index contributed by atoms with van der Waals surface area (Å²) in [5.74, 6) is 2.70. The Morgan fingerprint density at radius 1 is 1.06 bits per heavy atom. The molecule has 34 heavy (non-hydrogen) atoms. The zero-order valence-electron chi connectivity index (χ0n) is 20.6. The van der Waals surface area contributed by atoms with E-state index in [-0.39, 0.29) is 0 Å². The van der Waals surface area contributed by atoms with Crippen molar-refractivity contribution >= 4 is 35.4 Å². The van der Waals surface area contributed by atoms with E-state index in [1.165, 1.54) is 91.2 Å². The summed E-state index contributed by atoms with van der Waals surface area (Å²) < 4.78 is 0. The van der Waals surface area contributed by atoms with Crippen LogP contribution in [0.4, 0.5) is 17.2 Å². The van der Waals surface area contributed by atoms with Crippen LogP contribution in [0.5, 0.6) is 0 Å². The van der Waals surface area contributed by atoms with Crippen LogP contribution in [0.15, 0.2) is 29.3 Å². The molecule has 5 heterocycles. The minimum atomic E-state index is 0.668. The van der Waals surface area contributed by atoms with Crippen LogP contribution < -0.4 is 10.2 Å². The van der Waals surface area contributed by atoms with Gasteiger partial charge >= 0.3 is 0 Å². The lowest BCUT2D eigenvalue weighted by Crippen LogP contribution is -2.41. The summed E-state index contributed by atoms with van der Waals surface area (Å²) >= 11 is 1.96. The Labute approximate surface area is 208 Å². The molecular weight excluding hydrogens is 442 g/mol. The maximum Gasteiger partial charge on any atom is 0.209 e. The van der Waals surface area contributed by atoms with Crippen molar-refractivity contribution in [2.24, 2.45) is 0 Å². The fourth-order valence-corrected chi connectivity index (χ4v) is 6.64. The molecule has 0 saturated carbocycles. The van der Waals surface area contributed by atoms with Crippen molar-refractivity contribution in [3.05, 3.63) is 41.1 Å². The summed E-state index contributed by atoms with van der Waals surface area (Å²) in [5, 5.41) is 3.71. The van der Waals surface area contributed by atoms with Gasteiger partial charge in [-0.1, -0.05) is 6.07 Å². The lowest BCUT2D eigenvalue weighted by molar-refractivity contribution is -0.117. The largest absolute Gasteiger partial charge is 0.371 e. The molecule has 4 aliphatic heterocycles. The van der Waals surface area contributed by atoms with Crippen LogP contribution in [0.25, 0.3) is 0 Å². The number of rotatable bonds is 3. The second-order valence-corrected chi connectivity index (χ2v) is 11.1. The fraction of sp³-hybridized carbons (Fsp3) is 0.556. The summed E-state index contributed by atoms with van der Waals surface area (Å²) in [6.07, 6.45) is 9.25. The van der Waals surface area contributed by atoms with Gasteiger partial charge in [-0.2, -0.15) is 0 Å². The third kappa shape index (κ3) is 5.05. The number of hydrogen-bond donors (Lipinski definition) is 1. The fourth-order valence-electron chi connectivity index (χ4n) is 5.51. The number of likely N-dealkylation sites (N-methyl/N-ethyl adjacent to an activating group) is 1. The molecule has 1 amide bonds. The van der Waals surface area contributed by atoms with Gasteiger partial charge in [0.15, 0.2) is 0 Å². The van der Waals surface area contributed by atoms with E-state index in [4.69, 9.17) is 4.98 Å². The highest BCUT2D eigenvalue weighted by molar-refractivity contribution is 7.98. The highest BCUT2D eigenvalue weighted by Gasteiger charge is 2.27. The van der Waals surface area contributed by atoms with Gasteiger partial charge in [-0.3, -0.25) is 4.79 Å². The Bertz CT molecular complexity index is 1010. The zero-order valence-corrected chi connectivity index (χ0v) is 21.4. The van der Waals surface area contributed by atoms with Crippen LogP contribution >= 0.6 is 11.8 Å². The van der Waals surface area contributed by atoms with E-state index in [1.54, 1.807) is 4.90 Å². The number of carbonyl (C=O) groups is 1. The molecule has 6 rings (SSSR count). The number of thioether (sulfide) groups is 1. The second kappa shape index (κ2) is 10.6. The number of aryl methyl sites for hydroxylation is 1. The SMILES string of the molecule is Cc1cc(C2CN(C)C2)cc2c1SCc1c(N3CCCCC3)ccnc1N2.O=CN1CCCC1. The zero-order chi connectivity index (χ0) is 23.5. The van der Waals surface area contributed by atoms with Gasteiger partial charge in [0, 0.05) is 73.3 Å². The molecule has 3 fully saturated rings. The number of nitrogens with zero attached hydrogens (tertiary/aromatic N) is 4. The van der Waals surface area contributed by atoms with Crippen molar-refractivity contribution in [2.45, 2.75) is 55.6 Å². The number of anilines is 3. The average molecular weight is 480 g/mol. The Kier molecular flexibility index (Phi) is 7.30. The first-order valence-corrected chi connectivity index (χ1v) is 13.8. The third-order valence-corrected chi connectivity index (χ3v) is 8.73. The van der Waals surface area contributed by atoms with Gasteiger partial charge in [0.05, 0.1) is 5.69 Å². The topological polar surface area (TPSA) is 51.7 Å². The number of likely N-dealkylation sites (tertiary alicyclic amines) is 2. The van der Waals surface area contributed by atoms with Gasteiger partial charge in [0.25, 0.3) is 0 Å². The molecule has 3 saturated heterocycles. The molecule has 1 aromatic carbocycles. The molecule has 0 bridgehead atoms. The van der Waals surface area contributed by atoms with Crippen LogP contribution in [0.3, 0.4) is 0 Å². The van der Waals surface area contributed by atoms with E-state index in [0.29, 0.717) is 5.92 Å². The molecule has 1 N–H and O–H groups in total. The van der Waals surface area contributed by atoms with E-state index in [9.17, 15) is 4.79 Å². The molecule has 0 spiro atoms. The predicted molar refractivity (Wildman–Crippen MR) is 141 cm³/mol. The Morgan fingerprint density at radius 2 is 1.79 bits per heavy atom. The Hall–Kier alpha value is -2.25. The van der Waals surface area contributed by atoms with E-state index >= 15 is 0 Å². The van der Waals surface area contributed by atoms with Crippen molar-refractivity contribution in [3.8, 4) is 0 Å². The van der Waals surface area contributed by atoms with Gasteiger partial charge in [0.1, 0.15) is 5.82 Å². The van der Waals surface area contributed by atoms with E-state index in [2.05, 4.69) is 47.3 Å². The molecule has 6 nitrogen and oxygen atoms in total. The highest BCUT2D eigenvalue weighted by Crippen LogP contribution is 2.44. The van der Waals surface area contributed by atoms with Crippen LogP contribution in [0.2, 0.25) is 0 Å². The highest BCUT2D eigenvalue weighted by atomic mass is 32.2. The molecule has 182 valence electrons. The first kappa shape index (κ1) is 23.5. The number of amides is 1. The average Bonchev–Trinajstić information content (AvgIpc) is 3.30. The number of nitrogens with one attached hydrogen (secondary N) is 1. The van der Waals surface area contributed by atoms with Crippen molar-refractivity contribution in [3.63, 3.8) is 0 Å². The van der Waals surface area contributed by atoms with Gasteiger partial charge in [0.2, 0.25) is 6.41 Å². The van der Waals surface area contributed by atoms with Gasteiger partial charge in [-0.25, -0.2) is 4.98 Å². The van der Waals surface area contributed by atoms with Crippen molar-refractivity contribution in [1.82, 2.24) is 14.8 Å². The molecule has 0 unspecified atom stereocenters. The summed E-state index contributed by atoms with van der Waals surface area (Å²) in [5.41, 5.74) is 6.84. The van der Waals surface area contributed by atoms with Crippen LogP contribution in [0, 0.1) is 6.92 Å². The number of pyridine rings is 1. The second-order valence-electron chi connectivity index (χ2n) is 10.1. The molecule has 0 atom stereocenters. The molecule has 0 aliphatic carbocycles. The van der Waals surface area contributed by atoms with Crippen LogP contribution in [-0.2, 0) is 10.5 Å². The molecule has 1 aromatic heterocycles.